The van der Waals surface area contributed by atoms with Gasteiger partial charge in [-0.25, -0.2) is 0 Å². The fraction of sp³-hybridized carbons (Fsp3) is 0.939. The molecule has 0 spiro atoms. The summed E-state index contributed by atoms with van der Waals surface area (Å²) < 4.78 is 16.7. The molecule has 0 aliphatic rings. The number of hydrogen-bond donors (Lipinski definition) is 0. The van der Waals surface area contributed by atoms with Crippen molar-refractivity contribution in [1.29, 1.82) is 0 Å². The summed E-state index contributed by atoms with van der Waals surface area (Å²) in [6, 6.07) is 0. The largest absolute Gasteiger partial charge is 0.462 e. The standard InChI is InChI=1S/C49H94O6/c1-6-7-8-9-22-29-34-39-47(50)53-42-46(55-49(52)41-36-31-26-21-17-13-11-15-19-24-28-33-38-45(4)5)43-54-48(51)40-35-30-25-20-16-12-10-14-18-23-27-32-37-44(2)3/h44-46H,6-43H2,1-5H3/t46-/m0/s1. The molecule has 6 heteroatoms. The zero-order valence-corrected chi connectivity index (χ0v) is 37.6. The molecule has 0 aliphatic heterocycles. The lowest BCUT2D eigenvalue weighted by Crippen LogP contribution is -2.30. The second-order valence-electron chi connectivity index (χ2n) is 17.7. The van der Waals surface area contributed by atoms with Gasteiger partial charge in [-0.05, 0) is 31.1 Å². The predicted octanol–water partition coefficient (Wildman–Crippen LogP) is 15.4. The van der Waals surface area contributed by atoms with Crippen LogP contribution in [0, 0.1) is 11.8 Å². The molecular weight excluding hydrogens is 685 g/mol. The van der Waals surface area contributed by atoms with Crippen molar-refractivity contribution >= 4 is 17.9 Å². The number of carbonyl (C=O) groups excluding carboxylic acids is 3. The van der Waals surface area contributed by atoms with Gasteiger partial charge in [-0.2, -0.15) is 0 Å². The lowest BCUT2D eigenvalue weighted by molar-refractivity contribution is -0.167. The van der Waals surface area contributed by atoms with Gasteiger partial charge in [-0.1, -0.05) is 227 Å². The van der Waals surface area contributed by atoms with Crippen LogP contribution in [0.2, 0.25) is 0 Å². The van der Waals surface area contributed by atoms with Gasteiger partial charge in [0, 0.05) is 19.3 Å². The Labute approximate surface area is 342 Å². The van der Waals surface area contributed by atoms with Crippen LogP contribution in [0.4, 0.5) is 0 Å². The summed E-state index contributed by atoms with van der Waals surface area (Å²) in [5, 5.41) is 0. The summed E-state index contributed by atoms with van der Waals surface area (Å²) >= 11 is 0. The molecule has 6 nitrogen and oxygen atoms in total. The highest BCUT2D eigenvalue weighted by atomic mass is 16.6. The molecule has 0 aliphatic carbocycles. The Hall–Kier alpha value is -1.59. The number of unbranched alkanes of at least 4 members (excludes halogenated alkanes) is 28. The molecule has 0 aromatic rings. The van der Waals surface area contributed by atoms with Gasteiger partial charge in [-0.15, -0.1) is 0 Å². The smallest absolute Gasteiger partial charge is 0.306 e. The van der Waals surface area contributed by atoms with Gasteiger partial charge in [0.05, 0.1) is 0 Å². The third kappa shape index (κ3) is 43.4. The third-order valence-electron chi connectivity index (χ3n) is 11.0. The van der Waals surface area contributed by atoms with Gasteiger partial charge < -0.3 is 14.2 Å². The molecule has 0 aromatic carbocycles. The number of esters is 3. The van der Waals surface area contributed by atoms with Crippen LogP contribution < -0.4 is 0 Å². The predicted molar refractivity (Wildman–Crippen MR) is 233 cm³/mol. The van der Waals surface area contributed by atoms with E-state index in [1.165, 1.54) is 154 Å². The van der Waals surface area contributed by atoms with Crippen molar-refractivity contribution in [2.24, 2.45) is 11.8 Å². The first-order valence-corrected chi connectivity index (χ1v) is 24.2. The Morgan fingerprint density at radius 2 is 0.600 bits per heavy atom. The van der Waals surface area contributed by atoms with E-state index >= 15 is 0 Å². The first-order chi connectivity index (χ1) is 26.7. The Morgan fingerprint density at radius 1 is 0.345 bits per heavy atom. The molecule has 55 heavy (non-hydrogen) atoms. The molecular formula is C49H94O6. The van der Waals surface area contributed by atoms with E-state index < -0.39 is 6.10 Å². The molecule has 0 aromatic heterocycles. The fourth-order valence-electron chi connectivity index (χ4n) is 7.28. The minimum Gasteiger partial charge on any atom is -0.462 e. The quantitative estimate of drug-likeness (QED) is 0.0348. The van der Waals surface area contributed by atoms with Crippen molar-refractivity contribution in [3.63, 3.8) is 0 Å². The van der Waals surface area contributed by atoms with Crippen molar-refractivity contribution in [3.05, 3.63) is 0 Å². The second kappa shape index (κ2) is 42.0. The van der Waals surface area contributed by atoms with Gasteiger partial charge in [0.25, 0.3) is 0 Å². The van der Waals surface area contributed by atoms with E-state index in [0.717, 1.165) is 69.6 Å². The van der Waals surface area contributed by atoms with Crippen LogP contribution in [0.5, 0.6) is 0 Å². The molecule has 326 valence electrons. The number of hydrogen-bond acceptors (Lipinski definition) is 6. The highest BCUT2D eigenvalue weighted by Gasteiger charge is 2.19. The summed E-state index contributed by atoms with van der Waals surface area (Å²) in [5.41, 5.74) is 0. The zero-order valence-electron chi connectivity index (χ0n) is 37.6. The number of carbonyl (C=O) groups is 3. The Kier molecular flexibility index (Phi) is 40.8. The van der Waals surface area contributed by atoms with E-state index in [4.69, 9.17) is 14.2 Å². The van der Waals surface area contributed by atoms with Crippen LogP contribution in [0.25, 0.3) is 0 Å². The Bertz CT molecular complexity index is 839. The molecule has 0 heterocycles. The molecule has 0 fully saturated rings. The van der Waals surface area contributed by atoms with Gasteiger partial charge in [-0.3, -0.25) is 14.4 Å². The SMILES string of the molecule is CCCCCCCCCC(=O)OC[C@@H](COC(=O)CCCCCCCCCCCCCCC(C)C)OC(=O)CCCCCCCCCCCCCCC(C)C. The summed E-state index contributed by atoms with van der Waals surface area (Å²) in [7, 11) is 0. The fourth-order valence-corrected chi connectivity index (χ4v) is 7.28. The number of rotatable bonds is 43. The van der Waals surface area contributed by atoms with Crippen LogP contribution in [-0.2, 0) is 28.6 Å². The maximum atomic E-state index is 12.7. The summed E-state index contributed by atoms with van der Waals surface area (Å²) in [4.78, 5) is 37.7. The van der Waals surface area contributed by atoms with Crippen LogP contribution >= 0.6 is 0 Å². The van der Waals surface area contributed by atoms with Crippen molar-refractivity contribution in [2.45, 2.75) is 272 Å². The first-order valence-electron chi connectivity index (χ1n) is 24.2. The zero-order chi connectivity index (χ0) is 40.5. The lowest BCUT2D eigenvalue weighted by Gasteiger charge is -2.18. The summed E-state index contributed by atoms with van der Waals surface area (Å²) in [5.74, 6) is 0.807. The van der Waals surface area contributed by atoms with Crippen molar-refractivity contribution in [1.82, 2.24) is 0 Å². The van der Waals surface area contributed by atoms with Crippen LogP contribution in [-0.4, -0.2) is 37.2 Å². The molecule has 0 amide bonds. The monoisotopic (exact) mass is 779 g/mol. The molecule has 0 rings (SSSR count). The maximum Gasteiger partial charge on any atom is 0.306 e. The molecule has 0 saturated heterocycles. The van der Waals surface area contributed by atoms with Crippen molar-refractivity contribution in [3.8, 4) is 0 Å². The van der Waals surface area contributed by atoms with E-state index in [9.17, 15) is 14.4 Å². The first kappa shape index (κ1) is 53.4. The van der Waals surface area contributed by atoms with Crippen molar-refractivity contribution < 1.29 is 28.6 Å². The molecule has 0 unspecified atom stereocenters. The van der Waals surface area contributed by atoms with E-state index in [2.05, 4.69) is 34.6 Å². The molecule has 0 N–H and O–H groups in total. The average molecular weight is 779 g/mol. The highest BCUT2D eigenvalue weighted by molar-refractivity contribution is 5.71. The lowest BCUT2D eigenvalue weighted by atomic mass is 10.0. The van der Waals surface area contributed by atoms with Crippen LogP contribution in [0.3, 0.4) is 0 Å². The summed E-state index contributed by atoms with van der Waals surface area (Å²) in [6.45, 7) is 11.3. The van der Waals surface area contributed by atoms with E-state index in [0.29, 0.717) is 19.3 Å². The van der Waals surface area contributed by atoms with Crippen molar-refractivity contribution in [2.75, 3.05) is 13.2 Å². The molecule has 0 radical (unpaired) electrons. The minimum absolute atomic E-state index is 0.0645. The van der Waals surface area contributed by atoms with Gasteiger partial charge >= 0.3 is 17.9 Å². The minimum atomic E-state index is -0.760. The third-order valence-corrected chi connectivity index (χ3v) is 11.0. The molecule has 1 atom stereocenters. The van der Waals surface area contributed by atoms with Gasteiger partial charge in [0.2, 0.25) is 0 Å². The second-order valence-corrected chi connectivity index (χ2v) is 17.7. The van der Waals surface area contributed by atoms with E-state index in [1.54, 1.807) is 0 Å². The van der Waals surface area contributed by atoms with Crippen LogP contribution in [0.15, 0.2) is 0 Å². The maximum absolute atomic E-state index is 12.7. The average Bonchev–Trinajstić information content (AvgIpc) is 3.15. The molecule has 0 bridgehead atoms. The Morgan fingerprint density at radius 3 is 0.891 bits per heavy atom. The van der Waals surface area contributed by atoms with E-state index in [-0.39, 0.29) is 31.1 Å². The van der Waals surface area contributed by atoms with Gasteiger partial charge in [0.1, 0.15) is 13.2 Å². The van der Waals surface area contributed by atoms with Gasteiger partial charge in [0.15, 0.2) is 6.10 Å². The number of ether oxygens (including phenoxy) is 3. The Balaban J connectivity index is 4.24. The summed E-state index contributed by atoms with van der Waals surface area (Å²) in [6.07, 6.45) is 41.0. The topological polar surface area (TPSA) is 78.9 Å². The molecule has 0 saturated carbocycles. The normalized spacial score (nSPS) is 12.1. The van der Waals surface area contributed by atoms with Crippen LogP contribution in [0.1, 0.15) is 266 Å². The highest BCUT2D eigenvalue weighted by Crippen LogP contribution is 2.17. The van der Waals surface area contributed by atoms with E-state index in [1.807, 2.05) is 0 Å².